The van der Waals surface area contributed by atoms with Crippen molar-refractivity contribution in [2.45, 2.75) is 103 Å². The molecule has 5 nitrogen and oxygen atoms in total. The first-order chi connectivity index (χ1) is 12.5. The van der Waals surface area contributed by atoms with Crippen LogP contribution >= 0.6 is 0 Å². The fourth-order valence-corrected chi connectivity index (χ4v) is 3.98. The summed E-state index contributed by atoms with van der Waals surface area (Å²) in [6, 6.07) is 0. The van der Waals surface area contributed by atoms with E-state index in [2.05, 4.69) is 6.92 Å². The fourth-order valence-electron chi connectivity index (χ4n) is 3.98. The Bertz CT molecular complexity index is 446. The third kappa shape index (κ3) is 8.93. The number of carbonyl (C=O) groups excluding carboxylic acids is 2. The zero-order valence-electron chi connectivity index (χ0n) is 16.3. The Morgan fingerprint density at radius 3 is 2.27 bits per heavy atom. The quantitative estimate of drug-likeness (QED) is 0.421. The van der Waals surface area contributed by atoms with Gasteiger partial charge in [-0.3, -0.25) is 14.4 Å². The first-order valence-electron chi connectivity index (χ1n) is 10.4. The summed E-state index contributed by atoms with van der Waals surface area (Å²) in [6.45, 7) is 2.11. The first kappa shape index (κ1) is 22.8. The minimum atomic E-state index is -0.748. The van der Waals surface area contributed by atoms with Crippen molar-refractivity contribution < 1.29 is 24.6 Å². The molecule has 0 radical (unpaired) electrons. The highest BCUT2D eigenvalue weighted by Crippen LogP contribution is 2.36. The second-order valence-electron chi connectivity index (χ2n) is 7.74. The molecule has 0 aliphatic heterocycles. The topological polar surface area (TPSA) is 91.7 Å². The van der Waals surface area contributed by atoms with Crippen molar-refractivity contribution in [3.05, 3.63) is 0 Å². The number of carboxylic acids is 1. The largest absolute Gasteiger partial charge is 0.481 e. The number of aliphatic carboxylic acids is 1. The fraction of sp³-hybridized carbons (Fsp3) is 0.857. The van der Waals surface area contributed by atoms with Gasteiger partial charge < -0.3 is 10.2 Å². The Kier molecular flexibility index (Phi) is 11.4. The molecule has 0 saturated heterocycles. The van der Waals surface area contributed by atoms with Crippen LogP contribution in [-0.2, 0) is 14.4 Å². The molecule has 0 aromatic rings. The summed E-state index contributed by atoms with van der Waals surface area (Å²) < 4.78 is 0. The van der Waals surface area contributed by atoms with Crippen LogP contribution < -0.4 is 0 Å². The predicted octanol–water partition coefficient (Wildman–Crippen LogP) is 4.30. The predicted molar refractivity (Wildman–Crippen MR) is 101 cm³/mol. The van der Waals surface area contributed by atoms with E-state index < -0.39 is 12.1 Å². The standard InChI is InChI=1S/C21H36O5/c1-2-3-7-10-16(22)13-14-18-17(19(23)15-20(18)24)11-8-5-4-6-9-12-21(25)26/h17-18,20,24H,2-15H2,1H3,(H,25,26)/t17-,18-,20-/m1/s1. The van der Waals surface area contributed by atoms with E-state index in [4.69, 9.17) is 5.11 Å². The third-order valence-corrected chi connectivity index (χ3v) is 5.56. The molecular formula is C21H36O5. The Morgan fingerprint density at radius 1 is 0.923 bits per heavy atom. The molecule has 0 bridgehead atoms. The summed E-state index contributed by atoms with van der Waals surface area (Å²) in [7, 11) is 0. The summed E-state index contributed by atoms with van der Waals surface area (Å²) in [6.07, 6.45) is 9.99. The molecule has 0 spiro atoms. The van der Waals surface area contributed by atoms with Crippen LogP contribution in [0.4, 0.5) is 0 Å². The van der Waals surface area contributed by atoms with Gasteiger partial charge in [-0.25, -0.2) is 0 Å². The first-order valence-corrected chi connectivity index (χ1v) is 10.4. The number of aliphatic hydroxyl groups excluding tert-OH is 1. The Hall–Kier alpha value is -1.23. The van der Waals surface area contributed by atoms with Crippen molar-refractivity contribution in [1.82, 2.24) is 0 Å². The molecule has 1 saturated carbocycles. The molecule has 0 heterocycles. The summed E-state index contributed by atoms with van der Waals surface area (Å²) in [5, 5.41) is 18.8. The molecule has 1 aliphatic rings. The van der Waals surface area contributed by atoms with E-state index in [0.717, 1.165) is 51.4 Å². The zero-order chi connectivity index (χ0) is 19.4. The van der Waals surface area contributed by atoms with Crippen LogP contribution in [-0.4, -0.2) is 33.9 Å². The molecule has 5 heteroatoms. The van der Waals surface area contributed by atoms with Gasteiger partial charge in [-0.1, -0.05) is 45.4 Å². The van der Waals surface area contributed by atoms with E-state index in [1.165, 1.54) is 0 Å². The van der Waals surface area contributed by atoms with Crippen molar-refractivity contribution in [3.63, 3.8) is 0 Å². The van der Waals surface area contributed by atoms with Gasteiger partial charge >= 0.3 is 5.97 Å². The smallest absolute Gasteiger partial charge is 0.303 e. The van der Waals surface area contributed by atoms with Crippen molar-refractivity contribution in [3.8, 4) is 0 Å². The van der Waals surface area contributed by atoms with Gasteiger partial charge in [0, 0.05) is 31.6 Å². The van der Waals surface area contributed by atoms with Crippen LogP contribution in [0.2, 0.25) is 0 Å². The van der Waals surface area contributed by atoms with E-state index in [-0.39, 0.29) is 36.2 Å². The van der Waals surface area contributed by atoms with Gasteiger partial charge in [0.05, 0.1) is 6.10 Å². The van der Waals surface area contributed by atoms with Gasteiger partial charge in [0.15, 0.2) is 0 Å². The number of carboxylic acid groups (broad SMARTS) is 1. The number of aliphatic hydroxyl groups is 1. The maximum absolute atomic E-state index is 12.2. The van der Waals surface area contributed by atoms with Gasteiger partial charge in [0.1, 0.15) is 11.6 Å². The lowest BCUT2D eigenvalue weighted by Crippen LogP contribution is -2.21. The third-order valence-electron chi connectivity index (χ3n) is 5.56. The van der Waals surface area contributed by atoms with E-state index in [1.807, 2.05) is 0 Å². The number of hydrogen-bond donors (Lipinski definition) is 2. The zero-order valence-corrected chi connectivity index (χ0v) is 16.3. The molecule has 26 heavy (non-hydrogen) atoms. The van der Waals surface area contributed by atoms with Crippen LogP contribution in [0.5, 0.6) is 0 Å². The van der Waals surface area contributed by atoms with Crippen LogP contribution in [0.25, 0.3) is 0 Å². The van der Waals surface area contributed by atoms with E-state index in [1.54, 1.807) is 0 Å². The summed E-state index contributed by atoms with van der Waals surface area (Å²) in [5.74, 6) is -0.520. The van der Waals surface area contributed by atoms with Gasteiger partial charge in [-0.05, 0) is 31.6 Å². The van der Waals surface area contributed by atoms with E-state index in [9.17, 15) is 19.5 Å². The Balaban J connectivity index is 2.27. The molecule has 2 N–H and O–H groups in total. The molecule has 0 aromatic heterocycles. The van der Waals surface area contributed by atoms with Gasteiger partial charge in [0.25, 0.3) is 0 Å². The number of rotatable bonds is 15. The lowest BCUT2D eigenvalue weighted by Gasteiger charge is -2.20. The molecule has 0 aromatic carbocycles. The normalized spacial score (nSPS) is 22.7. The molecule has 1 aliphatic carbocycles. The number of ketones is 2. The summed E-state index contributed by atoms with van der Waals surface area (Å²) in [4.78, 5) is 34.6. The number of unbranched alkanes of at least 4 members (excludes halogenated alkanes) is 6. The van der Waals surface area contributed by atoms with Gasteiger partial charge in [0.2, 0.25) is 0 Å². The lowest BCUT2D eigenvalue weighted by atomic mass is 9.85. The highest BCUT2D eigenvalue weighted by Gasteiger charge is 2.40. The average Bonchev–Trinajstić information content (AvgIpc) is 2.85. The highest BCUT2D eigenvalue weighted by molar-refractivity contribution is 5.84. The van der Waals surface area contributed by atoms with Gasteiger partial charge in [-0.2, -0.15) is 0 Å². The molecule has 0 unspecified atom stereocenters. The second-order valence-corrected chi connectivity index (χ2v) is 7.74. The van der Waals surface area contributed by atoms with Gasteiger partial charge in [-0.15, -0.1) is 0 Å². The molecular weight excluding hydrogens is 332 g/mol. The van der Waals surface area contributed by atoms with Crippen molar-refractivity contribution in [2.75, 3.05) is 0 Å². The number of Topliss-reactive ketones (excluding diaryl/α,β-unsaturated/α-hetero) is 2. The van der Waals surface area contributed by atoms with E-state index in [0.29, 0.717) is 25.7 Å². The van der Waals surface area contributed by atoms with Crippen molar-refractivity contribution in [2.24, 2.45) is 11.8 Å². The maximum Gasteiger partial charge on any atom is 0.303 e. The molecule has 1 rings (SSSR count). The Morgan fingerprint density at radius 2 is 1.58 bits per heavy atom. The van der Waals surface area contributed by atoms with Crippen LogP contribution in [0.15, 0.2) is 0 Å². The molecule has 1 fully saturated rings. The van der Waals surface area contributed by atoms with Crippen molar-refractivity contribution >= 4 is 17.5 Å². The van der Waals surface area contributed by atoms with Crippen LogP contribution in [0, 0.1) is 11.8 Å². The highest BCUT2D eigenvalue weighted by atomic mass is 16.4. The number of hydrogen-bond acceptors (Lipinski definition) is 4. The molecule has 0 amide bonds. The maximum atomic E-state index is 12.2. The minimum Gasteiger partial charge on any atom is -0.481 e. The summed E-state index contributed by atoms with van der Waals surface area (Å²) in [5.41, 5.74) is 0. The minimum absolute atomic E-state index is 0.0652. The van der Waals surface area contributed by atoms with Crippen LogP contribution in [0.1, 0.15) is 96.8 Å². The monoisotopic (exact) mass is 368 g/mol. The average molecular weight is 369 g/mol. The molecule has 3 atom stereocenters. The van der Waals surface area contributed by atoms with E-state index >= 15 is 0 Å². The second kappa shape index (κ2) is 13.0. The Labute approximate surface area is 157 Å². The summed E-state index contributed by atoms with van der Waals surface area (Å²) >= 11 is 0. The lowest BCUT2D eigenvalue weighted by molar-refractivity contribution is -0.137. The van der Waals surface area contributed by atoms with Crippen molar-refractivity contribution in [1.29, 1.82) is 0 Å². The SMILES string of the molecule is CCCCCC(=O)CC[C@H]1[C@H](O)CC(=O)[C@@H]1CCCCCCCC(=O)O. The number of carbonyl (C=O) groups is 3. The van der Waals surface area contributed by atoms with Crippen LogP contribution in [0.3, 0.4) is 0 Å². The molecule has 150 valence electrons.